The summed E-state index contributed by atoms with van der Waals surface area (Å²) in [6, 6.07) is 8.45. The van der Waals surface area contributed by atoms with Crippen LogP contribution in [0.2, 0.25) is 0 Å². The summed E-state index contributed by atoms with van der Waals surface area (Å²) >= 11 is 0. The van der Waals surface area contributed by atoms with Crippen molar-refractivity contribution in [3.63, 3.8) is 0 Å². The third-order valence-electron chi connectivity index (χ3n) is 4.95. The zero-order valence-corrected chi connectivity index (χ0v) is 13.4. The molecular formula is C18H26N2O2. The largest absolute Gasteiger partial charge is 0.497 e. The fraction of sp³-hybridized carbons (Fsp3) is 0.611. The predicted molar refractivity (Wildman–Crippen MR) is 86.9 cm³/mol. The molecule has 2 fully saturated rings. The van der Waals surface area contributed by atoms with E-state index in [4.69, 9.17) is 4.74 Å². The minimum atomic E-state index is 0.166. The molecule has 0 radical (unpaired) electrons. The lowest BCUT2D eigenvalue weighted by atomic mass is 9.98. The van der Waals surface area contributed by atoms with Crippen LogP contribution in [0.3, 0.4) is 0 Å². The smallest absolute Gasteiger partial charge is 0.227 e. The summed E-state index contributed by atoms with van der Waals surface area (Å²) < 4.78 is 5.25. The van der Waals surface area contributed by atoms with Crippen LogP contribution in [0.5, 0.6) is 5.75 Å². The zero-order valence-electron chi connectivity index (χ0n) is 13.4. The van der Waals surface area contributed by atoms with Crippen LogP contribution >= 0.6 is 0 Å². The fourth-order valence-electron chi connectivity index (χ4n) is 3.64. The molecule has 4 nitrogen and oxygen atoms in total. The number of benzene rings is 1. The van der Waals surface area contributed by atoms with Crippen molar-refractivity contribution in [2.24, 2.45) is 5.92 Å². The molecule has 1 amide bonds. The minimum Gasteiger partial charge on any atom is -0.497 e. The Balaban J connectivity index is 1.81. The molecule has 1 aromatic carbocycles. The summed E-state index contributed by atoms with van der Waals surface area (Å²) in [4.78, 5) is 15.1. The monoisotopic (exact) mass is 302 g/mol. The fourth-order valence-corrected chi connectivity index (χ4v) is 3.64. The van der Waals surface area contributed by atoms with Gasteiger partial charge in [-0.1, -0.05) is 25.0 Å². The van der Waals surface area contributed by atoms with E-state index >= 15 is 0 Å². The number of nitrogens with one attached hydrogen (secondary N) is 1. The van der Waals surface area contributed by atoms with Crippen molar-refractivity contribution in [2.45, 2.75) is 38.1 Å². The van der Waals surface area contributed by atoms with Gasteiger partial charge in [-0.05, 0) is 43.5 Å². The van der Waals surface area contributed by atoms with E-state index in [2.05, 4.69) is 22.3 Å². The second-order valence-electron chi connectivity index (χ2n) is 6.36. The molecule has 120 valence electrons. The van der Waals surface area contributed by atoms with Gasteiger partial charge in [-0.15, -0.1) is 0 Å². The molecule has 2 heterocycles. The van der Waals surface area contributed by atoms with Crippen LogP contribution in [0.25, 0.3) is 0 Å². The van der Waals surface area contributed by atoms with Gasteiger partial charge in [-0.25, -0.2) is 0 Å². The molecule has 0 bridgehead atoms. The van der Waals surface area contributed by atoms with Gasteiger partial charge in [0, 0.05) is 13.1 Å². The maximum absolute atomic E-state index is 12.9. The zero-order chi connectivity index (χ0) is 15.4. The highest BCUT2D eigenvalue weighted by molar-refractivity contribution is 5.80. The lowest BCUT2D eigenvalue weighted by Gasteiger charge is -2.32. The van der Waals surface area contributed by atoms with Crippen molar-refractivity contribution in [3.8, 4) is 5.75 Å². The number of hydrogen-bond acceptors (Lipinski definition) is 3. The second kappa shape index (κ2) is 7.14. The number of hydrogen-bond donors (Lipinski definition) is 1. The molecule has 1 N–H and O–H groups in total. The molecule has 3 rings (SSSR count). The van der Waals surface area contributed by atoms with E-state index in [-0.39, 0.29) is 12.0 Å². The first-order valence-electron chi connectivity index (χ1n) is 8.45. The van der Waals surface area contributed by atoms with Crippen LogP contribution in [-0.4, -0.2) is 37.6 Å². The van der Waals surface area contributed by atoms with Gasteiger partial charge in [0.15, 0.2) is 0 Å². The highest BCUT2D eigenvalue weighted by Crippen LogP contribution is 2.32. The summed E-state index contributed by atoms with van der Waals surface area (Å²) in [6.45, 7) is 2.70. The molecule has 2 aliphatic rings. The molecule has 0 spiro atoms. The van der Waals surface area contributed by atoms with Crippen LogP contribution in [0.1, 0.15) is 43.7 Å². The SMILES string of the molecule is COc1ccc(C2CCCCCN2C(=O)C2CCNC2)cc1. The molecule has 2 saturated heterocycles. The molecule has 0 aromatic heterocycles. The van der Waals surface area contributed by atoms with E-state index in [1.54, 1.807) is 7.11 Å². The Labute approximate surface area is 132 Å². The van der Waals surface area contributed by atoms with Gasteiger partial charge in [-0.2, -0.15) is 0 Å². The van der Waals surface area contributed by atoms with Crippen LogP contribution in [-0.2, 0) is 4.79 Å². The molecule has 0 saturated carbocycles. The Morgan fingerprint density at radius 3 is 2.68 bits per heavy atom. The van der Waals surface area contributed by atoms with E-state index in [9.17, 15) is 4.79 Å². The number of likely N-dealkylation sites (tertiary alicyclic amines) is 1. The first kappa shape index (κ1) is 15.3. The van der Waals surface area contributed by atoms with Crippen molar-refractivity contribution >= 4 is 5.91 Å². The van der Waals surface area contributed by atoms with Gasteiger partial charge in [0.05, 0.1) is 19.1 Å². The van der Waals surface area contributed by atoms with Gasteiger partial charge in [0.1, 0.15) is 5.75 Å². The van der Waals surface area contributed by atoms with Crippen molar-refractivity contribution in [2.75, 3.05) is 26.7 Å². The quantitative estimate of drug-likeness (QED) is 0.933. The van der Waals surface area contributed by atoms with Gasteiger partial charge < -0.3 is 15.0 Å². The summed E-state index contributed by atoms with van der Waals surface area (Å²) in [6.07, 6.45) is 5.59. The van der Waals surface area contributed by atoms with Gasteiger partial charge in [0.2, 0.25) is 5.91 Å². The molecule has 22 heavy (non-hydrogen) atoms. The Morgan fingerprint density at radius 1 is 1.18 bits per heavy atom. The van der Waals surface area contributed by atoms with E-state index in [0.29, 0.717) is 5.91 Å². The second-order valence-corrected chi connectivity index (χ2v) is 6.36. The molecule has 1 aromatic rings. The average molecular weight is 302 g/mol. The third kappa shape index (κ3) is 3.27. The molecule has 0 aliphatic carbocycles. The molecule has 2 unspecified atom stereocenters. The van der Waals surface area contributed by atoms with Gasteiger partial charge >= 0.3 is 0 Å². The van der Waals surface area contributed by atoms with Crippen LogP contribution in [0, 0.1) is 5.92 Å². The maximum atomic E-state index is 12.9. The Hall–Kier alpha value is -1.55. The number of amides is 1. The highest BCUT2D eigenvalue weighted by atomic mass is 16.5. The van der Waals surface area contributed by atoms with Crippen LogP contribution in [0.4, 0.5) is 0 Å². The van der Waals surface area contributed by atoms with E-state index in [0.717, 1.165) is 44.6 Å². The van der Waals surface area contributed by atoms with Crippen molar-refractivity contribution in [1.29, 1.82) is 0 Å². The first-order valence-corrected chi connectivity index (χ1v) is 8.45. The Morgan fingerprint density at radius 2 is 2.00 bits per heavy atom. The average Bonchev–Trinajstić information content (AvgIpc) is 2.99. The molecular weight excluding hydrogens is 276 g/mol. The lowest BCUT2D eigenvalue weighted by molar-refractivity contribution is -0.137. The summed E-state index contributed by atoms with van der Waals surface area (Å²) in [5.41, 5.74) is 1.24. The van der Waals surface area contributed by atoms with Crippen LogP contribution < -0.4 is 10.1 Å². The summed E-state index contributed by atoms with van der Waals surface area (Å²) in [5.74, 6) is 1.38. The first-order chi connectivity index (χ1) is 10.8. The van der Waals surface area contributed by atoms with Gasteiger partial charge in [0.25, 0.3) is 0 Å². The number of carbonyl (C=O) groups excluding carboxylic acids is 1. The van der Waals surface area contributed by atoms with Crippen molar-refractivity contribution < 1.29 is 9.53 Å². The number of methoxy groups -OCH3 is 1. The normalized spacial score (nSPS) is 25.8. The summed E-state index contributed by atoms with van der Waals surface area (Å²) in [7, 11) is 1.68. The van der Waals surface area contributed by atoms with Gasteiger partial charge in [-0.3, -0.25) is 4.79 Å². The lowest BCUT2D eigenvalue weighted by Crippen LogP contribution is -2.39. The van der Waals surface area contributed by atoms with E-state index < -0.39 is 0 Å². The van der Waals surface area contributed by atoms with E-state index in [1.165, 1.54) is 18.4 Å². The number of rotatable bonds is 3. The Bertz CT molecular complexity index is 494. The minimum absolute atomic E-state index is 0.166. The van der Waals surface area contributed by atoms with E-state index in [1.807, 2.05) is 12.1 Å². The molecule has 2 aliphatic heterocycles. The standard InChI is InChI=1S/C18H26N2O2/c1-22-16-8-6-14(7-9-16)17-5-3-2-4-12-20(17)18(21)15-10-11-19-13-15/h6-9,15,17,19H,2-5,10-13H2,1H3. The van der Waals surface area contributed by atoms with Crippen LogP contribution in [0.15, 0.2) is 24.3 Å². The third-order valence-corrected chi connectivity index (χ3v) is 4.95. The molecule has 2 atom stereocenters. The number of carbonyl (C=O) groups is 1. The predicted octanol–water partition coefficient (Wildman–Crippen LogP) is 2.75. The Kier molecular flexibility index (Phi) is 4.98. The van der Waals surface area contributed by atoms with Crippen molar-refractivity contribution in [3.05, 3.63) is 29.8 Å². The number of nitrogens with zero attached hydrogens (tertiary/aromatic N) is 1. The van der Waals surface area contributed by atoms with Crippen molar-refractivity contribution in [1.82, 2.24) is 10.2 Å². The topological polar surface area (TPSA) is 41.6 Å². The highest BCUT2D eigenvalue weighted by Gasteiger charge is 2.32. The molecule has 4 heteroatoms. The summed E-state index contributed by atoms with van der Waals surface area (Å²) in [5, 5.41) is 3.31. The maximum Gasteiger partial charge on any atom is 0.227 e. The number of ether oxygens (including phenoxy) is 1.